The Labute approximate surface area is 209 Å². The SMILES string of the molecule is CC(C)(C)OC(=O)NC(Cc1ccccc1)C(=O)Nc1nc2ccc(CN3CCOCC3)cc2s1. The zero-order valence-corrected chi connectivity index (χ0v) is 21.2. The average molecular weight is 497 g/mol. The van der Waals surface area contributed by atoms with Crippen molar-refractivity contribution in [3.8, 4) is 0 Å². The van der Waals surface area contributed by atoms with Crippen LogP contribution in [0, 0.1) is 0 Å². The van der Waals surface area contributed by atoms with Gasteiger partial charge in [0.1, 0.15) is 11.6 Å². The number of aromatic nitrogens is 1. The van der Waals surface area contributed by atoms with Gasteiger partial charge in [-0.05, 0) is 44.0 Å². The number of hydrogen-bond donors (Lipinski definition) is 2. The van der Waals surface area contributed by atoms with Crippen molar-refractivity contribution in [3.63, 3.8) is 0 Å². The van der Waals surface area contributed by atoms with E-state index in [1.807, 2.05) is 36.4 Å². The van der Waals surface area contributed by atoms with Crippen molar-refractivity contribution >= 4 is 38.7 Å². The number of benzene rings is 2. The molecule has 8 nitrogen and oxygen atoms in total. The highest BCUT2D eigenvalue weighted by molar-refractivity contribution is 7.22. The Morgan fingerprint density at radius 3 is 2.57 bits per heavy atom. The summed E-state index contributed by atoms with van der Waals surface area (Å²) in [7, 11) is 0. The van der Waals surface area contributed by atoms with Crippen LogP contribution in [0.25, 0.3) is 10.2 Å². The van der Waals surface area contributed by atoms with Crippen LogP contribution in [0.3, 0.4) is 0 Å². The van der Waals surface area contributed by atoms with Crippen LogP contribution in [-0.4, -0.2) is 59.8 Å². The predicted octanol–water partition coefficient (Wildman–Crippen LogP) is 4.20. The van der Waals surface area contributed by atoms with Gasteiger partial charge in [0, 0.05) is 26.1 Å². The maximum Gasteiger partial charge on any atom is 0.408 e. The molecule has 2 amide bonds. The highest BCUT2D eigenvalue weighted by Crippen LogP contribution is 2.27. The highest BCUT2D eigenvalue weighted by atomic mass is 32.1. The molecule has 186 valence electrons. The van der Waals surface area contributed by atoms with E-state index in [-0.39, 0.29) is 5.91 Å². The van der Waals surface area contributed by atoms with Crippen LogP contribution in [0.5, 0.6) is 0 Å². The molecule has 2 N–H and O–H groups in total. The van der Waals surface area contributed by atoms with Crippen molar-refractivity contribution in [2.75, 3.05) is 31.6 Å². The van der Waals surface area contributed by atoms with E-state index in [0.29, 0.717) is 11.6 Å². The maximum absolute atomic E-state index is 13.2. The van der Waals surface area contributed by atoms with Crippen molar-refractivity contribution in [2.24, 2.45) is 0 Å². The fraction of sp³-hybridized carbons (Fsp3) is 0.423. The molecule has 1 saturated heterocycles. The monoisotopic (exact) mass is 496 g/mol. The van der Waals surface area contributed by atoms with Crippen LogP contribution in [0.15, 0.2) is 48.5 Å². The third-order valence-electron chi connectivity index (χ3n) is 5.48. The van der Waals surface area contributed by atoms with Gasteiger partial charge in [-0.1, -0.05) is 47.7 Å². The second kappa shape index (κ2) is 11.2. The molecule has 3 aromatic rings. The largest absolute Gasteiger partial charge is 0.444 e. The molecule has 1 aliphatic rings. The molecule has 1 aromatic heterocycles. The van der Waals surface area contributed by atoms with Crippen LogP contribution in [-0.2, 0) is 27.2 Å². The Hall–Kier alpha value is -3.01. The van der Waals surface area contributed by atoms with Gasteiger partial charge in [0.2, 0.25) is 5.91 Å². The highest BCUT2D eigenvalue weighted by Gasteiger charge is 2.25. The van der Waals surface area contributed by atoms with Gasteiger partial charge in [-0.15, -0.1) is 0 Å². The molecule has 35 heavy (non-hydrogen) atoms. The lowest BCUT2D eigenvalue weighted by Gasteiger charge is -2.26. The summed E-state index contributed by atoms with van der Waals surface area (Å²) in [5, 5.41) is 6.11. The number of morpholine rings is 1. The first kappa shape index (κ1) is 25.1. The Kier molecular flexibility index (Phi) is 8.00. The molecule has 1 unspecified atom stereocenters. The first-order valence-corrected chi connectivity index (χ1v) is 12.6. The second-order valence-corrected chi connectivity index (χ2v) is 10.6. The van der Waals surface area contributed by atoms with E-state index in [9.17, 15) is 9.59 Å². The minimum absolute atomic E-state index is 0.334. The number of alkyl carbamates (subject to hydrolysis) is 1. The molecular weight excluding hydrogens is 464 g/mol. The normalized spacial score (nSPS) is 15.5. The number of nitrogens with zero attached hydrogens (tertiary/aromatic N) is 2. The number of carbonyl (C=O) groups excluding carboxylic acids is 2. The van der Waals surface area contributed by atoms with E-state index in [1.54, 1.807) is 20.8 Å². The van der Waals surface area contributed by atoms with Gasteiger partial charge in [0.25, 0.3) is 0 Å². The van der Waals surface area contributed by atoms with Crippen LogP contribution in [0.4, 0.5) is 9.93 Å². The van der Waals surface area contributed by atoms with Crippen molar-refractivity contribution in [1.29, 1.82) is 0 Å². The molecule has 2 aromatic carbocycles. The van der Waals surface area contributed by atoms with Gasteiger partial charge in [-0.2, -0.15) is 0 Å². The summed E-state index contributed by atoms with van der Waals surface area (Å²) in [5.74, 6) is -0.340. The van der Waals surface area contributed by atoms with Gasteiger partial charge in [-0.25, -0.2) is 9.78 Å². The molecule has 0 spiro atoms. The third kappa shape index (κ3) is 7.48. The maximum atomic E-state index is 13.2. The van der Waals surface area contributed by atoms with Crippen LogP contribution in [0.1, 0.15) is 31.9 Å². The summed E-state index contributed by atoms with van der Waals surface area (Å²) in [5.41, 5.74) is 2.30. The smallest absolute Gasteiger partial charge is 0.408 e. The Bertz CT molecular complexity index is 1150. The standard InChI is InChI=1S/C26H32N4O4S/c1-26(2,3)34-25(32)28-21(15-18-7-5-4-6-8-18)23(31)29-24-27-20-10-9-19(16-22(20)35-24)17-30-11-13-33-14-12-30/h4-10,16,21H,11-15,17H2,1-3H3,(H,28,32)(H,27,29,31). The molecule has 0 aliphatic carbocycles. The summed E-state index contributed by atoms with van der Waals surface area (Å²) >= 11 is 1.42. The van der Waals surface area contributed by atoms with Crippen LogP contribution < -0.4 is 10.6 Å². The topological polar surface area (TPSA) is 92.8 Å². The van der Waals surface area contributed by atoms with Gasteiger partial charge >= 0.3 is 6.09 Å². The molecule has 9 heteroatoms. The molecule has 0 bridgehead atoms. The molecule has 0 radical (unpaired) electrons. The first-order chi connectivity index (χ1) is 16.7. The number of amides is 2. The van der Waals surface area contributed by atoms with Gasteiger partial charge in [-0.3, -0.25) is 9.69 Å². The number of thiazole rings is 1. The number of rotatable bonds is 7. The van der Waals surface area contributed by atoms with Crippen molar-refractivity contribution in [2.45, 2.75) is 45.4 Å². The molecule has 1 fully saturated rings. The second-order valence-electron chi connectivity index (χ2n) is 9.59. The molecule has 1 atom stereocenters. The van der Waals surface area contributed by atoms with Crippen molar-refractivity contribution in [3.05, 3.63) is 59.7 Å². The fourth-order valence-electron chi connectivity index (χ4n) is 3.84. The lowest BCUT2D eigenvalue weighted by Crippen LogP contribution is -2.47. The van der Waals surface area contributed by atoms with E-state index in [4.69, 9.17) is 9.47 Å². The summed E-state index contributed by atoms with van der Waals surface area (Å²) in [6.07, 6.45) is -0.300. The quantitative estimate of drug-likeness (QED) is 0.509. The zero-order valence-electron chi connectivity index (χ0n) is 20.4. The molecule has 2 heterocycles. The van der Waals surface area contributed by atoms with E-state index in [1.165, 1.54) is 16.9 Å². The zero-order chi connectivity index (χ0) is 24.8. The molecular formula is C26H32N4O4S. The van der Waals surface area contributed by atoms with E-state index in [0.717, 1.165) is 48.6 Å². The minimum Gasteiger partial charge on any atom is -0.444 e. The number of ether oxygens (including phenoxy) is 2. The summed E-state index contributed by atoms with van der Waals surface area (Å²) < 4.78 is 11.8. The van der Waals surface area contributed by atoms with E-state index in [2.05, 4.69) is 32.7 Å². The number of carbonyl (C=O) groups is 2. The number of fused-ring (bicyclic) bond motifs is 1. The summed E-state index contributed by atoms with van der Waals surface area (Å²) in [6, 6.07) is 14.9. The number of nitrogens with one attached hydrogen (secondary N) is 2. The Morgan fingerprint density at radius 1 is 1.11 bits per heavy atom. The Morgan fingerprint density at radius 2 is 1.86 bits per heavy atom. The number of anilines is 1. The summed E-state index contributed by atoms with van der Waals surface area (Å²) in [4.78, 5) is 32.6. The lowest BCUT2D eigenvalue weighted by molar-refractivity contribution is -0.118. The van der Waals surface area contributed by atoms with Crippen molar-refractivity contribution in [1.82, 2.24) is 15.2 Å². The molecule has 1 aliphatic heterocycles. The van der Waals surface area contributed by atoms with Crippen LogP contribution in [0.2, 0.25) is 0 Å². The van der Waals surface area contributed by atoms with Gasteiger partial charge < -0.3 is 20.1 Å². The molecule has 4 rings (SSSR count). The van der Waals surface area contributed by atoms with Gasteiger partial charge in [0.15, 0.2) is 5.13 Å². The van der Waals surface area contributed by atoms with Crippen molar-refractivity contribution < 1.29 is 19.1 Å². The van der Waals surface area contributed by atoms with Gasteiger partial charge in [0.05, 0.1) is 23.4 Å². The number of hydrogen-bond acceptors (Lipinski definition) is 7. The Balaban J connectivity index is 1.46. The average Bonchev–Trinajstić information content (AvgIpc) is 3.20. The first-order valence-electron chi connectivity index (χ1n) is 11.8. The minimum atomic E-state index is -0.809. The van der Waals surface area contributed by atoms with Crippen LogP contribution >= 0.6 is 11.3 Å². The predicted molar refractivity (Wildman–Crippen MR) is 138 cm³/mol. The third-order valence-corrected chi connectivity index (χ3v) is 6.42. The summed E-state index contributed by atoms with van der Waals surface area (Å²) in [6.45, 7) is 9.59. The fourth-order valence-corrected chi connectivity index (χ4v) is 4.77. The molecule has 0 saturated carbocycles. The van der Waals surface area contributed by atoms with E-state index < -0.39 is 17.7 Å². The van der Waals surface area contributed by atoms with E-state index >= 15 is 0 Å². The lowest BCUT2D eigenvalue weighted by atomic mass is 10.1.